The molecule has 0 radical (unpaired) electrons. The number of carbonyl (C=O) groups excluding carboxylic acids is 1. The molecule has 29 heavy (non-hydrogen) atoms. The summed E-state index contributed by atoms with van der Waals surface area (Å²) in [7, 11) is 4.64. The van der Waals surface area contributed by atoms with Gasteiger partial charge in [-0.05, 0) is 30.3 Å². The van der Waals surface area contributed by atoms with Crippen molar-refractivity contribution >= 4 is 11.7 Å². The van der Waals surface area contributed by atoms with Crippen molar-refractivity contribution in [2.75, 3.05) is 26.6 Å². The average molecular weight is 397 g/mol. The summed E-state index contributed by atoms with van der Waals surface area (Å²) in [5.41, 5.74) is 2.27. The monoisotopic (exact) mass is 397 g/mol. The van der Waals surface area contributed by atoms with Gasteiger partial charge in [0.15, 0.2) is 11.5 Å². The van der Waals surface area contributed by atoms with Crippen LogP contribution in [0.25, 0.3) is 5.69 Å². The van der Waals surface area contributed by atoms with Gasteiger partial charge in [0.05, 0.1) is 33.2 Å². The molecular weight excluding hydrogens is 377 g/mol. The number of nitrogens with zero attached hydrogens (tertiary/aromatic N) is 2. The van der Waals surface area contributed by atoms with Gasteiger partial charge in [-0.15, -0.1) is 0 Å². The van der Waals surface area contributed by atoms with E-state index in [4.69, 9.17) is 14.2 Å². The van der Waals surface area contributed by atoms with E-state index < -0.39 is 0 Å². The van der Waals surface area contributed by atoms with Gasteiger partial charge in [-0.2, -0.15) is 5.10 Å². The van der Waals surface area contributed by atoms with Crippen molar-refractivity contribution in [2.24, 2.45) is 0 Å². The average Bonchev–Trinajstić information content (AvgIpc) is 3.16. The third-order valence-electron chi connectivity index (χ3n) is 5.00. The van der Waals surface area contributed by atoms with Gasteiger partial charge in [-0.1, -0.05) is 6.07 Å². The Hall–Kier alpha value is -3.55. The van der Waals surface area contributed by atoms with Crippen LogP contribution in [0.15, 0.2) is 42.6 Å². The molecule has 0 saturated heterocycles. The van der Waals surface area contributed by atoms with Crippen LogP contribution in [0.3, 0.4) is 0 Å². The largest absolute Gasteiger partial charge is 0.493 e. The highest BCUT2D eigenvalue weighted by Gasteiger charge is 2.33. The maximum absolute atomic E-state index is 13.3. The van der Waals surface area contributed by atoms with Gasteiger partial charge in [0.2, 0.25) is 11.7 Å². The lowest BCUT2D eigenvalue weighted by Gasteiger charge is -2.26. The number of benzene rings is 2. The van der Waals surface area contributed by atoms with E-state index in [0.717, 1.165) is 11.1 Å². The van der Waals surface area contributed by atoms with Gasteiger partial charge < -0.3 is 19.5 Å². The van der Waals surface area contributed by atoms with Crippen LogP contribution in [-0.2, 0) is 4.79 Å². The fourth-order valence-electron chi connectivity index (χ4n) is 3.67. The van der Waals surface area contributed by atoms with Crippen molar-refractivity contribution in [1.29, 1.82) is 0 Å². The highest BCUT2D eigenvalue weighted by Crippen LogP contribution is 2.47. The molecule has 0 fully saturated rings. The smallest absolute Gasteiger partial charge is 0.226 e. The molecule has 1 amide bonds. The molecule has 2 heterocycles. The molecule has 4 rings (SSSR count). The molecular formula is C21H20FN3O4. The lowest BCUT2D eigenvalue weighted by atomic mass is 9.86. The first-order valence-corrected chi connectivity index (χ1v) is 9.00. The van der Waals surface area contributed by atoms with Gasteiger partial charge in [-0.25, -0.2) is 9.07 Å². The number of rotatable bonds is 5. The molecule has 1 aliphatic rings. The number of hydrogen-bond acceptors (Lipinski definition) is 5. The Morgan fingerprint density at radius 1 is 1.00 bits per heavy atom. The first-order chi connectivity index (χ1) is 14.1. The fourth-order valence-corrected chi connectivity index (χ4v) is 3.67. The van der Waals surface area contributed by atoms with E-state index in [9.17, 15) is 9.18 Å². The van der Waals surface area contributed by atoms with Gasteiger partial charge in [0.1, 0.15) is 11.6 Å². The van der Waals surface area contributed by atoms with Crippen LogP contribution in [0.2, 0.25) is 0 Å². The normalized spacial score (nSPS) is 15.4. The molecule has 3 aromatic rings. The number of fused-ring (bicyclic) bond motifs is 1. The second-order valence-electron chi connectivity index (χ2n) is 6.57. The quantitative estimate of drug-likeness (QED) is 0.713. The zero-order valence-electron chi connectivity index (χ0n) is 16.2. The number of halogens is 1. The van der Waals surface area contributed by atoms with Crippen molar-refractivity contribution < 1.29 is 23.4 Å². The van der Waals surface area contributed by atoms with E-state index in [-0.39, 0.29) is 24.1 Å². The molecule has 1 aromatic heterocycles. The van der Waals surface area contributed by atoms with Crippen LogP contribution >= 0.6 is 0 Å². The molecule has 1 aliphatic heterocycles. The van der Waals surface area contributed by atoms with Gasteiger partial charge in [-0.3, -0.25) is 4.79 Å². The van der Waals surface area contributed by atoms with Crippen LogP contribution in [0.4, 0.5) is 10.2 Å². The Morgan fingerprint density at radius 2 is 1.72 bits per heavy atom. The van der Waals surface area contributed by atoms with Crippen molar-refractivity contribution in [3.8, 4) is 22.9 Å². The number of amides is 1. The predicted molar refractivity (Wildman–Crippen MR) is 105 cm³/mol. The summed E-state index contributed by atoms with van der Waals surface area (Å²) < 4.78 is 31.3. The maximum atomic E-state index is 13.3. The summed E-state index contributed by atoms with van der Waals surface area (Å²) in [4.78, 5) is 12.5. The summed E-state index contributed by atoms with van der Waals surface area (Å²) in [5.74, 6) is 1.28. The number of methoxy groups -OCH3 is 3. The minimum Gasteiger partial charge on any atom is -0.493 e. The second-order valence-corrected chi connectivity index (χ2v) is 6.57. The van der Waals surface area contributed by atoms with Gasteiger partial charge >= 0.3 is 0 Å². The van der Waals surface area contributed by atoms with Crippen LogP contribution in [0.5, 0.6) is 17.2 Å². The van der Waals surface area contributed by atoms with E-state index in [1.807, 2.05) is 6.07 Å². The maximum Gasteiger partial charge on any atom is 0.226 e. The Bertz CT molecular complexity index is 1060. The van der Waals surface area contributed by atoms with Crippen molar-refractivity contribution in [3.63, 3.8) is 0 Å². The Kier molecular flexibility index (Phi) is 4.84. The summed E-state index contributed by atoms with van der Waals surface area (Å²) in [6, 6.07) is 9.56. The SMILES string of the molecule is COc1ccc([C@@H]2CC(=O)Nc3c2cnn3-c2ccc(F)cc2)c(OC)c1OC. The number of ether oxygens (including phenoxy) is 3. The fraction of sp³-hybridized carbons (Fsp3) is 0.238. The zero-order valence-corrected chi connectivity index (χ0v) is 16.2. The lowest BCUT2D eigenvalue weighted by molar-refractivity contribution is -0.116. The molecule has 0 spiro atoms. The topological polar surface area (TPSA) is 74.6 Å². The Labute approximate surface area is 167 Å². The third kappa shape index (κ3) is 3.16. The number of aromatic nitrogens is 2. The molecule has 1 atom stereocenters. The second kappa shape index (κ2) is 7.46. The summed E-state index contributed by atoms with van der Waals surface area (Å²) in [5, 5.41) is 7.30. The van der Waals surface area contributed by atoms with Gasteiger partial charge in [0.25, 0.3) is 0 Å². The molecule has 1 N–H and O–H groups in total. The number of hydrogen-bond donors (Lipinski definition) is 1. The lowest BCUT2D eigenvalue weighted by Crippen LogP contribution is -2.25. The summed E-state index contributed by atoms with van der Waals surface area (Å²) in [6.45, 7) is 0. The first kappa shape index (κ1) is 18.8. The molecule has 7 nitrogen and oxygen atoms in total. The van der Waals surface area contributed by atoms with E-state index >= 15 is 0 Å². The van der Waals surface area contributed by atoms with E-state index in [2.05, 4.69) is 10.4 Å². The van der Waals surface area contributed by atoms with Crippen LogP contribution in [-0.4, -0.2) is 37.0 Å². The van der Waals surface area contributed by atoms with E-state index in [0.29, 0.717) is 28.8 Å². The zero-order chi connectivity index (χ0) is 20.5. The summed E-state index contributed by atoms with van der Waals surface area (Å²) in [6.07, 6.45) is 1.94. The molecule has 8 heteroatoms. The van der Waals surface area contributed by atoms with Crippen molar-refractivity contribution in [3.05, 3.63) is 59.5 Å². The number of anilines is 1. The Balaban J connectivity index is 1.85. The third-order valence-corrected chi connectivity index (χ3v) is 5.00. The molecule has 0 unspecified atom stereocenters. The van der Waals surface area contributed by atoms with Gasteiger partial charge in [0, 0.05) is 23.5 Å². The minimum absolute atomic E-state index is 0.150. The van der Waals surface area contributed by atoms with Crippen LogP contribution in [0.1, 0.15) is 23.5 Å². The highest BCUT2D eigenvalue weighted by molar-refractivity contribution is 5.95. The minimum atomic E-state index is -0.341. The number of nitrogens with one attached hydrogen (secondary N) is 1. The van der Waals surface area contributed by atoms with Crippen molar-refractivity contribution in [2.45, 2.75) is 12.3 Å². The van der Waals surface area contributed by atoms with Crippen molar-refractivity contribution in [1.82, 2.24) is 9.78 Å². The molecule has 0 aliphatic carbocycles. The highest BCUT2D eigenvalue weighted by atomic mass is 19.1. The molecule has 2 aromatic carbocycles. The molecule has 150 valence electrons. The van der Waals surface area contributed by atoms with E-state index in [1.165, 1.54) is 19.2 Å². The predicted octanol–water partition coefficient (Wildman–Crippen LogP) is 3.51. The Morgan fingerprint density at radius 3 is 2.38 bits per heavy atom. The summed E-state index contributed by atoms with van der Waals surface area (Å²) >= 11 is 0. The van der Waals surface area contributed by atoms with Crippen LogP contribution in [0, 0.1) is 5.82 Å². The standard InChI is InChI=1S/C21H20FN3O4/c1-27-17-9-8-14(19(28-2)20(17)29-3)15-10-18(26)24-21-16(15)11-23-25(21)13-6-4-12(22)5-7-13/h4-9,11,15H,10H2,1-3H3,(H,24,26)/t15-/m0/s1. The molecule has 0 saturated carbocycles. The first-order valence-electron chi connectivity index (χ1n) is 9.00. The molecule has 0 bridgehead atoms. The number of carbonyl (C=O) groups is 1. The van der Waals surface area contributed by atoms with Crippen LogP contribution < -0.4 is 19.5 Å². The van der Waals surface area contributed by atoms with E-state index in [1.54, 1.807) is 43.3 Å².